The summed E-state index contributed by atoms with van der Waals surface area (Å²) in [7, 11) is 0. The lowest BCUT2D eigenvalue weighted by molar-refractivity contribution is -0.140. The van der Waals surface area contributed by atoms with E-state index in [4.69, 9.17) is 0 Å². The number of carboxylic acids is 3. The average Bonchev–Trinajstić information content (AvgIpc) is 3.04. The normalized spacial score (nSPS) is 19.5. The Morgan fingerprint density at radius 3 is 1.19 bits per heavy atom. The second-order valence-electron chi connectivity index (χ2n) is 8.85. The highest BCUT2D eigenvalue weighted by Gasteiger charge is 2.36. The van der Waals surface area contributed by atoms with E-state index in [-0.39, 0.29) is 26.3 Å². The zero-order valence-corrected chi connectivity index (χ0v) is 19.9. The van der Waals surface area contributed by atoms with Gasteiger partial charge in [0, 0.05) is 52.4 Å². The number of carbonyl (C=O) groups is 5. The first-order valence-corrected chi connectivity index (χ1v) is 11.6. The van der Waals surface area contributed by atoms with Gasteiger partial charge in [-0.05, 0) is 12.1 Å². The molecule has 0 unspecified atom stereocenters. The lowest BCUT2D eigenvalue weighted by atomic mass is 10.1. The van der Waals surface area contributed by atoms with Crippen LogP contribution in [0.25, 0.3) is 0 Å². The maximum absolute atomic E-state index is 12.9. The van der Waals surface area contributed by atoms with Crippen molar-refractivity contribution in [2.45, 2.75) is 0 Å². The van der Waals surface area contributed by atoms with Crippen LogP contribution in [0.2, 0.25) is 0 Å². The van der Waals surface area contributed by atoms with Crippen molar-refractivity contribution in [2.24, 2.45) is 0 Å². The Morgan fingerprint density at radius 2 is 0.889 bits per heavy atom. The summed E-state index contributed by atoms with van der Waals surface area (Å²) >= 11 is 0. The van der Waals surface area contributed by atoms with Gasteiger partial charge in [0.1, 0.15) is 0 Å². The molecule has 3 rings (SSSR count). The molecule has 0 aliphatic carbocycles. The molecule has 2 aliphatic rings. The van der Waals surface area contributed by atoms with Crippen molar-refractivity contribution in [3.05, 3.63) is 35.4 Å². The number of rotatable bonds is 8. The first-order chi connectivity index (χ1) is 17.1. The topological polar surface area (TPSA) is 162 Å². The molecule has 2 heterocycles. The maximum Gasteiger partial charge on any atom is 0.317 e. The summed E-state index contributed by atoms with van der Waals surface area (Å²) < 4.78 is 0. The number of imide groups is 1. The minimum absolute atomic E-state index is 0.0146. The molecular formula is C23H31N5O8. The van der Waals surface area contributed by atoms with Gasteiger partial charge in [0.15, 0.2) is 0 Å². The lowest BCUT2D eigenvalue weighted by Gasteiger charge is -2.34. The summed E-state index contributed by atoms with van der Waals surface area (Å²) in [5.41, 5.74) is 0.658. The molecule has 196 valence electrons. The van der Waals surface area contributed by atoms with E-state index in [1.807, 2.05) is 4.90 Å². The molecule has 13 heteroatoms. The third kappa shape index (κ3) is 7.55. The summed E-state index contributed by atoms with van der Waals surface area (Å²) in [6.45, 7) is 1.66. The van der Waals surface area contributed by atoms with Gasteiger partial charge in [0.05, 0.1) is 37.4 Å². The van der Waals surface area contributed by atoms with Crippen LogP contribution in [0.1, 0.15) is 20.7 Å². The maximum atomic E-state index is 12.9. The Bertz CT molecular complexity index is 935. The first-order valence-electron chi connectivity index (χ1n) is 11.6. The van der Waals surface area contributed by atoms with Crippen molar-refractivity contribution in [3.8, 4) is 0 Å². The van der Waals surface area contributed by atoms with E-state index < -0.39 is 29.7 Å². The van der Waals surface area contributed by atoms with Crippen molar-refractivity contribution >= 4 is 29.7 Å². The molecule has 0 radical (unpaired) electrons. The van der Waals surface area contributed by atoms with Gasteiger partial charge >= 0.3 is 17.9 Å². The number of aliphatic carboxylic acids is 3. The van der Waals surface area contributed by atoms with E-state index >= 15 is 0 Å². The molecule has 1 fully saturated rings. The Labute approximate surface area is 208 Å². The predicted octanol–water partition coefficient (Wildman–Crippen LogP) is -1.28. The van der Waals surface area contributed by atoms with Gasteiger partial charge < -0.3 is 15.3 Å². The molecule has 13 nitrogen and oxygen atoms in total. The number of fused-ring (bicyclic) bond motifs is 1. The molecule has 1 aromatic rings. The average molecular weight is 506 g/mol. The molecule has 0 saturated carbocycles. The summed E-state index contributed by atoms with van der Waals surface area (Å²) in [5, 5.41) is 27.9. The van der Waals surface area contributed by atoms with E-state index in [2.05, 4.69) is 0 Å². The van der Waals surface area contributed by atoms with E-state index in [9.17, 15) is 39.3 Å². The van der Waals surface area contributed by atoms with Gasteiger partial charge in [-0.15, -0.1) is 0 Å². The van der Waals surface area contributed by atoms with Gasteiger partial charge in [0.25, 0.3) is 11.8 Å². The number of hydrogen-bond acceptors (Lipinski definition) is 9. The Morgan fingerprint density at radius 1 is 0.583 bits per heavy atom. The smallest absolute Gasteiger partial charge is 0.317 e. The second kappa shape index (κ2) is 12.5. The molecule has 0 bridgehead atoms. The molecule has 3 N–H and O–H groups in total. The van der Waals surface area contributed by atoms with Crippen molar-refractivity contribution in [1.29, 1.82) is 0 Å². The van der Waals surface area contributed by atoms with Gasteiger partial charge in [-0.1, -0.05) is 12.1 Å². The summed E-state index contributed by atoms with van der Waals surface area (Å²) in [4.78, 5) is 67.8. The molecule has 2 amide bonds. The summed E-state index contributed by atoms with van der Waals surface area (Å²) in [5.74, 6) is -3.88. The van der Waals surface area contributed by atoms with Crippen molar-refractivity contribution in [1.82, 2.24) is 24.5 Å². The number of carbonyl (C=O) groups excluding carboxylic acids is 2. The van der Waals surface area contributed by atoms with Crippen molar-refractivity contribution in [3.63, 3.8) is 0 Å². The molecule has 2 aliphatic heterocycles. The number of benzene rings is 1. The third-order valence-electron chi connectivity index (χ3n) is 6.23. The summed E-state index contributed by atoms with van der Waals surface area (Å²) in [6.07, 6.45) is 0. The number of nitrogens with zero attached hydrogens (tertiary/aromatic N) is 5. The highest BCUT2D eigenvalue weighted by atomic mass is 16.4. The minimum Gasteiger partial charge on any atom is -0.480 e. The number of hydrogen-bond donors (Lipinski definition) is 3. The summed E-state index contributed by atoms with van der Waals surface area (Å²) in [6, 6.07) is 6.56. The lowest BCUT2D eigenvalue weighted by Crippen LogP contribution is -2.50. The van der Waals surface area contributed by atoms with Crippen LogP contribution in [-0.2, 0) is 14.4 Å². The number of amides is 2. The molecular weight excluding hydrogens is 474 g/mol. The van der Waals surface area contributed by atoms with Crippen LogP contribution in [0, 0.1) is 0 Å². The Kier molecular flexibility index (Phi) is 9.47. The standard InChI is InChI=1S/C23H31N5O8/c29-19(30)13-24-5-7-25(14-20(31)32)9-11-27(12-10-26(8-6-24)15-21(33)34)16-28-22(35)17-3-1-2-4-18(17)23(28)36/h1-4H,5-16H2,(H,29,30)(H,31,32)(H,33,34). The first kappa shape index (κ1) is 27.2. The zero-order chi connectivity index (χ0) is 26.2. The Hall–Kier alpha value is -3.39. The van der Waals surface area contributed by atoms with E-state index in [1.54, 1.807) is 39.0 Å². The fourth-order valence-corrected chi connectivity index (χ4v) is 4.34. The molecule has 36 heavy (non-hydrogen) atoms. The molecule has 0 atom stereocenters. The SMILES string of the molecule is O=C(O)CN1CCN(CC(=O)O)CCN(CN2C(=O)c3ccccc3C2=O)CCN(CC(=O)O)CC1. The molecule has 1 saturated heterocycles. The third-order valence-corrected chi connectivity index (χ3v) is 6.23. The van der Waals surface area contributed by atoms with E-state index in [1.165, 1.54) is 0 Å². The monoisotopic (exact) mass is 505 g/mol. The van der Waals surface area contributed by atoms with Gasteiger partial charge in [-0.25, -0.2) is 0 Å². The van der Waals surface area contributed by atoms with Crippen LogP contribution < -0.4 is 0 Å². The van der Waals surface area contributed by atoms with E-state index in [0.717, 1.165) is 4.90 Å². The largest absolute Gasteiger partial charge is 0.480 e. The highest BCUT2D eigenvalue weighted by Crippen LogP contribution is 2.22. The van der Waals surface area contributed by atoms with E-state index in [0.29, 0.717) is 63.5 Å². The molecule has 0 spiro atoms. The van der Waals surface area contributed by atoms with Crippen LogP contribution in [0.3, 0.4) is 0 Å². The van der Waals surface area contributed by atoms with Gasteiger partial charge in [-0.3, -0.25) is 48.5 Å². The predicted molar refractivity (Wildman–Crippen MR) is 126 cm³/mol. The van der Waals surface area contributed by atoms with Crippen molar-refractivity contribution < 1.29 is 39.3 Å². The second-order valence-corrected chi connectivity index (χ2v) is 8.85. The van der Waals surface area contributed by atoms with Gasteiger partial charge in [0.2, 0.25) is 0 Å². The quantitative estimate of drug-likeness (QED) is 0.359. The van der Waals surface area contributed by atoms with Gasteiger partial charge in [-0.2, -0.15) is 0 Å². The zero-order valence-electron chi connectivity index (χ0n) is 19.9. The van der Waals surface area contributed by atoms with Crippen molar-refractivity contribution in [2.75, 3.05) is 78.7 Å². The Balaban J connectivity index is 1.77. The van der Waals surface area contributed by atoms with Crippen LogP contribution >= 0.6 is 0 Å². The van der Waals surface area contributed by atoms with Crippen LogP contribution in [-0.4, -0.2) is 148 Å². The highest BCUT2D eigenvalue weighted by molar-refractivity contribution is 6.21. The molecule has 1 aromatic carbocycles. The van der Waals surface area contributed by atoms with Crippen LogP contribution in [0.5, 0.6) is 0 Å². The molecule has 0 aromatic heterocycles. The van der Waals surface area contributed by atoms with Crippen LogP contribution in [0.15, 0.2) is 24.3 Å². The minimum atomic E-state index is -1.02. The fraction of sp³-hybridized carbons (Fsp3) is 0.522. The fourth-order valence-electron chi connectivity index (χ4n) is 4.34. The number of carboxylic acid groups (broad SMARTS) is 3. The van der Waals surface area contributed by atoms with Crippen LogP contribution in [0.4, 0.5) is 0 Å².